The number of para-hydroxylation sites is 1. The summed E-state index contributed by atoms with van der Waals surface area (Å²) in [5.74, 6) is 1.50. The van der Waals surface area contributed by atoms with E-state index in [4.69, 9.17) is 9.47 Å². The molecule has 1 saturated heterocycles. The number of nitrogens with zero attached hydrogens (tertiary/aromatic N) is 3. The molecule has 5 rings (SSSR count). The Hall–Kier alpha value is -3.48. The Kier molecular flexibility index (Phi) is 5.25. The van der Waals surface area contributed by atoms with E-state index < -0.39 is 0 Å². The number of carbonyl (C=O) groups excluding carboxylic acids is 2. The van der Waals surface area contributed by atoms with Gasteiger partial charge in [-0.15, -0.1) is 0 Å². The zero-order chi connectivity index (χ0) is 22.2. The molecule has 0 aliphatic carbocycles. The predicted octanol–water partition coefficient (Wildman–Crippen LogP) is 3.12. The van der Waals surface area contributed by atoms with Crippen LogP contribution in [0.15, 0.2) is 48.7 Å². The van der Waals surface area contributed by atoms with Crippen LogP contribution in [0, 0.1) is 0 Å². The second-order valence-corrected chi connectivity index (χ2v) is 8.47. The molecule has 2 aliphatic heterocycles. The normalized spacial score (nSPS) is 16.4. The SMILES string of the molecule is CC(=O)N1CCN(C(=O)CC(c2ccc3c(c2)OCO3)c2cn(C)c3ccccc23)CC1. The molecule has 0 bridgehead atoms. The van der Waals surface area contributed by atoms with Gasteiger partial charge in [-0.2, -0.15) is 0 Å². The fourth-order valence-electron chi connectivity index (χ4n) is 4.76. The van der Waals surface area contributed by atoms with Crippen LogP contribution < -0.4 is 9.47 Å². The van der Waals surface area contributed by atoms with E-state index in [1.807, 2.05) is 42.3 Å². The minimum absolute atomic E-state index is 0.0612. The molecule has 0 spiro atoms. The minimum atomic E-state index is -0.117. The van der Waals surface area contributed by atoms with Gasteiger partial charge < -0.3 is 23.8 Å². The van der Waals surface area contributed by atoms with Crippen molar-refractivity contribution in [2.75, 3.05) is 33.0 Å². The Morgan fingerprint density at radius 1 is 0.969 bits per heavy atom. The van der Waals surface area contributed by atoms with Crippen LogP contribution in [-0.2, 0) is 16.6 Å². The Bertz CT molecular complexity index is 1180. The number of hydrogen-bond donors (Lipinski definition) is 0. The number of benzene rings is 2. The molecule has 0 saturated carbocycles. The van der Waals surface area contributed by atoms with E-state index in [1.54, 1.807) is 11.8 Å². The van der Waals surface area contributed by atoms with Crippen LogP contribution >= 0.6 is 0 Å². The van der Waals surface area contributed by atoms with Gasteiger partial charge in [0.15, 0.2) is 11.5 Å². The summed E-state index contributed by atoms with van der Waals surface area (Å²) in [6, 6.07) is 14.2. The molecule has 7 nitrogen and oxygen atoms in total. The molecule has 2 aliphatic rings. The van der Waals surface area contributed by atoms with E-state index in [0.29, 0.717) is 32.6 Å². The average molecular weight is 434 g/mol. The molecule has 2 aromatic carbocycles. The van der Waals surface area contributed by atoms with Gasteiger partial charge >= 0.3 is 0 Å². The maximum Gasteiger partial charge on any atom is 0.231 e. The summed E-state index contributed by atoms with van der Waals surface area (Å²) in [7, 11) is 2.03. The summed E-state index contributed by atoms with van der Waals surface area (Å²) in [6.07, 6.45) is 2.48. The molecule has 3 heterocycles. The lowest BCUT2D eigenvalue weighted by Crippen LogP contribution is -2.50. The topological polar surface area (TPSA) is 64.0 Å². The van der Waals surface area contributed by atoms with Crippen molar-refractivity contribution >= 4 is 22.7 Å². The lowest BCUT2D eigenvalue weighted by Gasteiger charge is -2.35. The summed E-state index contributed by atoms with van der Waals surface area (Å²) < 4.78 is 13.2. The number of amides is 2. The highest BCUT2D eigenvalue weighted by Crippen LogP contribution is 2.40. The van der Waals surface area contributed by atoms with E-state index in [0.717, 1.165) is 33.5 Å². The van der Waals surface area contributed by atoms with E-state index in [-0.39, 0.29) is 24.5 Å². The monoisotopic (exact) mass is 433 g/mol. The lowest BCUT2D eigenvalue weighted by atomic mass is 9.87. The van der Waals surface area contributed by atoms with Crippen LogP contribution in [0.2, 0.25) is 0 Å². The van der Waals surface area contributed by atoms with Gasteiger partial charge in [0.05, 0.1) is 0 Å². The number of rotatable bonds is 4. The molecule has 0 N–H and O–H groups in total. The van der Waals surface area contributed by atoms with Gasteiger partial charge in [0, 0.05) is 69.6 Å². The summed E-state index contributed by atoms with van der Waals surface area (Å²) in [4.78, 5) is 28.7. The molecular weight excluding hydrogens is 406 g/mol. The van der Waals surface area contributed by atoms with Crippen LogP contribution in [0.25, 0.3) is 10.9 Å². The number of ether oxygens (including phenoxy) is 2. The predicted molar refractivity (Wildman–Crippen MR) is 121 cm³/mol. The van der Waals surface area contributed by atoms with Gasteiger partial charge in [0.1, 0.15) is 0 Å². The standard InChI is InChI=1S/C25H27N3O4/c1-17(29)27-9-11-28(12-10-27)25(30)14-20(18-7-8-23-24(13-18)32-16-31-23)21-15-26(2)22-6-4-3-5-19(21)22/h3-8,13,15,20H,9-12,14,16H2,1-2H3. The van der Waals surface area contributed by atoms with Gasteiger partial charge in [-0.25, -0.2) is 0 Å². The van der Waals surface area contributed by atoms with E-state index >= 15 is 0 Å². The first-order chi connectivity index (χ1) is 15.5. The molecule has 3 aromatic rings. The van der Waals surface area contributed by atoms with Gasteiger partial charge in [-0.1, -0.05) is 24.3 Å². The second-order valence-electron chi connectivity index (χ2n) is 8.47. The van der Waals surface area contributed by atoms with Crippen molar-refractivity contribution in [2.24, 2.45) is 7.05 Å². The quantitative estimate of drug-likeness (QED) is 0.634. The van der Waals surface area contributed by atoms with Crippen molar-refractivity contribution < 1.29 is 19.1 Å². The molecule has 166 valence electrons. The van der Waals surface area contributed by atoms with Crippen molar-refractivity contribution in [3.63, 3.8) is 0 Å². The molecule has 32 heavy (non-hydrogen) atoms. The van der Waals surface area contributed by atoms with Crippen LogP contribution in [0.3, 0.4) is 0 Å². The van der Waals surface area contributed by atoms with E-state index in [9.17, 15) is 9.59 Å². The Morgan fingerprint density at radius 2 is 1.69 bits per heavy atom. The Balaban J connectivity index is 1.48. The van der Waals surface area contributed by atoms with E-state index in [1.165, 1.54) is 0 Å². The fourth-order valence-corrected chi connectivity index (χ4v) is 4.76. The number of hydrogen-bond acceptors (Lipinski definition) is 4. The highest BCUT2D eigenvalue weighted by atomic mass is 16.7. The number of piperazine rings is 1. The number of fused-ring (bicyclic) bond motifs is 2. The fraction of sp³-hybridized carbons (Fsp3) is 0.360. The number of carbonyl (C=O) groups is 2. The van der Waals surface area contributed by atoms with Crippen molar-refractivity contribution in [2.45, 2.75) is 19.3 Å². The molecular formula is C25H27N3O4. The molecule has 1 unspecified atom stereocenters. The third-order valence-corrected chi connectivity index (χ3v) is 6.56. The Labute approximate surface area is 187 Å². The molecule has 1 atom stereocenters. The summed E-state index contributed by atoms with van der Waals surface area (Å²) in [5, 5.41) is 1.15. The van der Waals surface area contributed by atoms with Crippen LogP contribution in [0.5, 0.6) is 11.5 Å². The van der Waals surface area contributed by atoms with Crippen molar-refractivity contribution in [1.29, 1.82) is 0 Å². The number of aryl methyl sites for hydroxylation is 1. The Morgan fingerprint density at radius 3 is 2.47 bits per heavy atom. The van der Waals surface area contributed by atoms with Gasteiger partial charge in [0.25, 0.3) is 0 Å². The van der Waals surface area contributed by atoms with Gasteiger partial charge in [-0.3, -0.25) is 9.59 Å². The largest absolute Gasteiger partial charge is 0.454 e. The second kappa shape index (κ2) is 8.22. The third-order valence-electron chi connectivity index (χ3n) is 6.56. The molecule has 1 fully saturated rings. The van der Waals surface area contributed by atoms with Crippen LogP contribution in [-0.4, -0.2) is 59.2 Å². The van der Waals surface area contributed by atoms with Crippen molar-refractivity contribution in [3.8, 4) is 11.5 Å². The molecule has 2 amide bonds. The zero-order valence-corrected chi connectivity index (χ0v) is 18.4. The minimum Gasteiger partial charge on any atom is -0.454 e. The molecule has 0 radical (unpaired) electrons. The van der Waals surface area contributed by atoms with Crippen molar-refractivity contribution in [3.05, 3.63) is 59.8 Å². The molecule has 7 heteroatoms. The molecule has 1 aromatic heterocycles. The maximum atomic E-state index is 13.4. The van der Waals surface area contributed by atoms with Crippen LogP contribution in [0.4, 0.5) is 0 Å². The zero-order valence-electron chi connectivity index (χ0n) is 18.4. The smallest absolute Gasteiger partial charge is 0.231 e. The highest BCUT2D eigenvalue weighted by molar-refractivity contribution is 5.87. The highest BCUT2D eigenvalue weighted by Gasteiger charge is 2.28. The van der Waals surface area contributed by atoms with Gasteiger partial charge in [-0.05, 0) is 29.3 Å². The van der Waals surface area contributed by atoms with Crippen LogP contribution in [0.1, 0.15) is 30.4 Å². The average Bonchev–Trinajstić information content (AvgIpc) is 3.41. The summed E-state index contributed by atoms with van der Waals surface area (Å²) in [6.45, 7) is 4.11. The number of aromatic nitrogens is 1. The summed E-state index contributed by atoms with van der Waals surface area (Å²) >= 11 is 0. The van der Waals surface area contributed by atoms with Crippen molar-refractivity contribution in [1.82, 2.24) is 14.4 Å². The summed E-state index contributed by atoms with van der Waals surface area (Å²) in [5.41, 5.74) is 3.29. The van der Waals surface area contributed by atoms with E-state index in [2.05, 4.69) is 22.9 Å². The first-order valence-corrected chi connectivity index (χ1v) is 11.0. The van der Waals surface area contributed by atoms with Gasteiger partial charge in [0.2, 0.25) is 18.6 Å². The maximum absolute atomic E-state index is 13.4. The lowest BCUT2D eigenvalue weighted by molar-refractivity contribution is -0.138. The first kappa shape index (κ1) is 20.4. The third kappa shape index (κ3) is 3.68. The first-order valence-electron chi connectivity index (χ1n) is 11.0.